The molecule has 24 heavy (non-hydrogen) atoms. The molecule has 1 saturated carbocycles. The van der Waals surface area contributed by atoms with Crippen LogP contribution >= 0.6 is 0 Å². The highest BCUT2D eigenvalue weighted by molar-refractivity contribution is 6.01. The molecule has 5 nitrogen and oxygen atoms in total. The smallest absolute Gasteiger partial charge is 0.252 e. The molecule has 3 rings (SSSR count). The quantitative estimate of drug-likeness (QED) is 0.877. The van der Waals surface area contributed by atoms with Crippen molar-refractivity contribution in [3.63, 3.8) is 0 Å². The van der Waals surface area contributed by atoms with Crippen LogP contribution in [0.2, 0.25) is 0 Å². The first kappa shape index (κ1) is 16.6. The number of primary amides is 1. The molecule has 128 valence electrons. The fraction of sp³-hybridized carbons (Fsp3) is 0.474. The molecule has 1 aliphatic carbocycles. The lowest BCUT2D eigenvalue weighted by Crippen LogP contribution is -2.15. The largest absolute Gasteiger partial charge is 0.490 e. The van der Waals surface area contributed by atoms with Crippen LogP contribution in [-0.4, -0.2) is 23.6 Å². The van der Waals surface area contributed by atoms with Gasteiger partial charge in [-0.05, 0) is 56.2 Å². The van der Waals surface area contributed by atoms with Gasteiger partial charge in [0.05, 0.1) is 18.3 Å². The minimum atomic E-state index is -0.502. The minimum Gasteiger partial charge on any atom is -0.490 e. The number of ether oxygens (including phenoxy) is 2. The number of carbonyl (C=O) groups is 1. The molecule has 1 amide bonds. The minimum absolute atomic E-state index is 0.0555. The zero-order valence-corrected chi connectivity index (χ0v) is 14.2. The Hall–Kier alpha value is -2.30. The number of hydrogen-bond donors (Lipinski definition) is 1. The van der Waals surface area contributed by atoms with Crippen LogP contribution in [0, 0.1) is 5.92 Å². The van der Waals surface area contributed by atoms with Crippen molar-refractivity contribution >= 4 is 16.7 Å². The molecule has 1 heterocycles. The van der Waals surface area contributed by atoms with Crippen LogP contribution in [0.4, 0.5) is 0 Å². The van der Waals surface area contributed by atoms with Gasteiger partial charge in [0.1, 0.15) is 5.75 Å². The van der Waals surface area contributed by atoms with Crippen LogP contribution in [-0.2, 0) is 0 Å². The van der Waals surface area contributed by atoms with E-state index in [1.54, 1.807) is 12.3 Å². The van der Waals surface area contributed by atoms with Gasteiger partial charge in [-0.25, -0.2) is 4.98 Å². The van der Waals surface area contributed by atoms with Gasteiger partial charge in [0.25, 0.3) is 5.91 Å². The topological polar surface area (TPSA) is 74.4 Å². The molecule has 0 saturated heterocycles. The fourth-order valence-corrected chi connectivity index (χ4v) is 3.21. The Morgan fingerprint density at radius 2 is 2.08 bits per heavy atom. The van der Waals surface area contributed by atoms with E-state index in [1.807, 2.05) is 26.0 Å². The standard InChI is InChI=1S/C19H24N2O3/c1-12(2)24-17-10-15-14(9-16(17)18(20)22)7-8-21-19(15)23-11-13-5-3-4-6-13/h7-10,12-13H,3-6,11H2,1-2H3,(H2,20,22). The summed E-state index contributed by atoms with van der Waals surface area (Å²) in [6.45, 7) is 4.51. The number of benzene rings is 1. The molecule has 2 N–H and O–H groups in total. The summed E-state index contributed by atoms with van der Waals surface area (Å²) in [4.78, 5) is 16.1. The predicted octanol–water partition coefficient (Wildman–Crippen LogP) is 3.69. The molecule has 0 aliphatic heterocycles. The van der Waals surface area contributed by atoms with E-state index in [0.717, 1.165) is 10.8 Å². The molecule has 1 fully saturated rings. The van der Waals surface area contributed by atoms with E-state index in [2.05, 4.69) is 4.98 Å². The molecule has 0 spiro atoms. The average molecular weight is 328 g/mol. The average Bonchev–Trinajstić information content (AvgIpc) is 3.05. The van der Waals surface area contributed by atoms with Crippen molar-refractivity contribution in [3.05, 3.63) is 30.0 Å². The van der Waals surface area contributed by atoms with E-state index in [0.29, 0.717) is 29.7 Å². The second-order valence-electron chi connectivity index (χ2n) is 6.68. The zero-order chi connectivity index (χ0) is 17.1. The van der Waals surface area contributed by atoms with Crippen molar-refractivity contribution in [1.82, 2.24) is 4.98 Å². The van der Waals surface area contributed by atoms with E-state index >= 15 is 0 Å². The van der Waals surface area contributed by atoms with Crippen LogP contribution in [0.5, 0.6) is 11.6 Å². The number of hydrogen-bond acceptors (Lipinski definition) is 4. The van der Waals surface area contributed by atoms with Crippen molar-refractivity contribution < 1.29 is 14.3 Å². The summed E-state index contributed by atoms with van der Waals surface area (Å²) in [7, 11) is 0. The van der Waals surface area contributed by atoms with Gasteiger partial charge in [-0.3, -0.25) is 4.79 Å². The molecule has 0 bridgehead atoms. The number of pyridine rings is 1. The third kappa shape index (κ3) is 3.61. The summed E-state index contributed by atoms with van der Waals surface area (Å²) >= 11 is 0. The highest BCUT2D eigenvalue weighted by atomic mass is 16.5. The number of carbonyl (C=O) groups excluding carboxylic acids is 1. The molecule has 5 heteroatoms. The Labute approximate surface area is 142 Å². The Morgan fingerprint density at radius 3 is 2.75 bits per heavy atom. The van der Waals surface area contributed by atoms with E-state index in [1.165, 1.54) is 25.7 Å². The first-order valence-electron chi connectivity index (χ1n) is 8.56. The third-order valence-electron chi connectivity index (χ3n) is 4.39. The van der Waals surface area contributed by atoms with Crippen LogP contribution in [0.3, 0.4) is 0 Å². The number of nitrogens with zero attached hydrogens (tertiary/aromatic N) is 1. The number of fused-ring (bicyclic) bond motifs is 1. The maximum absolute atomic E-state index is 11.7. The molecule has 2 aromatic rings. The van der Waals surface area contributed by atoms with Crippen LogP contribution in [0.25, 0.3) is 10.8 Å². The monoisotopic (exact) mass is 328 g/mol. The van der Waals surface area contributed by atoms with Crippen molar-refractivity contribution in [3.8, 4) is 11.6 Å². The molecular formula is C19H24N2O3. The summed E-state index contributed by atoms with van der Waals surface area (Å²) in [5.74, 6) is 1.17. The maximum atomic E-state index is 11.7. The van der Waals surface area contributed by atoms with E-state index in [-0.39, 0.29) is 6.10 Å². The molecule has 0 unspecified atom stereocenters. The van der Waals surface area contributed by atoms with Crippen LogP contribution in [0.15, 0.2) is 24.4 Å². The number of aromatic nitrogens is 1. The normalized spacial score (nSPS) is 15.1. The highest BCUT2D eigenvalue weighted by Gasteiger charge is 2.18. The van der Waals surface area contributed by atoms with Gasteiger partial charge >= 0.3 is 0 Å². The van der Waals surface area contributed by atoms with Crippen molar-refractivity contribution in [2.24, 2.45) is 11.7 Å². The van der Waals surface area contributed by atoms with Gasteiger partial charge in [0.15, 0.2) is 0 Å². The van der Waals surface area contributed by atoms with Gasteiger partial charge in [0.2, 0.25) is 5.88 Å². The Kier molecular flexibility index (Phi) is 4.88. The van der Waals surface area contributed by atoms with E-state index in [9.17, 15) is 4.79 Å². The highest BCUT2D eigenvalue weighted by Crippen LogP contribution is 2.32. The predicted molar refractivity (Wildman–Crippen MR) is 93.5 cm³/mol. The number of rotatable bonds is 6. The third-order valence-corrected chi connectivity index (χ3v) is 4.39. The van der Waals surface area contributed by atoms with E-state index in [4.69, 9.17) is 15.2 Å². The SMILES string of the molecule is CC(C)Oc1cc2c(OCC3CCCC3)nccc2cc1C(N)=O. The molecule has 1 aromatic carbocycles. The van der Waals surface area contributed by atoms with Crippen molar-refractivity contribution in [1.29, 1.82) is 0 Å². The first-order chi connectivity index (χ1) is 11.5. The summed E-state index contributed by atoms with van der Waals surface area (Å²) in [6.07, 6.45) is 6.65. The van der Waals surface area contributed by atoms with Gasteiger partial charge in [-0.1, -0.05) is 12.8 Å². The van der Waals surface area contributed by atoms with Crippen molar-refractivity contribution in [2.75, 3.05) is 6.61 Å². The number of amides is 1. The molecule has 1 aliphatic rings. The summed E-state index contributed by atoms with van der Waals surface area (Å²) in [5, 5.41) is 1.72. The van der Waals surface area contributed by atoms with Gasteiger partial charge in [0, 0.05) is 11.6 Å². The van der Waals surface area contributed by atoms with Crippen LogP contribution < -0.4 is 15.2 Å². The number of nitrogens with two attached hydrogens (primary N) is 1. The summed E-state index contributed by atoms with van der Waals surface area (Å²) in [6, 6.07) is 5.41. The van der Waals surface area contributed by atoms with Gasteiger partial charge in [-0.2, -0.15) is 0 Å². The second kappa shape index (κ2) is 7.07. The lowest BCUT2D eigenvalue weighted by Gasteiger charge is -2.16. The summed E-state index contributed by atoms with van der Waals surface area (Å²) in [5.41, 5.74) is 5.87. The Balaban J connectivity index is 1.95. The van der Waals surface area contributed by atoms with Crippen LogP contribution in [0.1, 0.15) is 49.9 Å². The Morgan fingerprint density at radius 1 is 1.33 bits per heavy atom. The zero-order valence-electron chi connectivity index (χ0n) is 14.2. The second-order valence-corrected chi connectivity index (χ2v) is 6.68. The lowest BCUT2D eigenvalue weighted by molar-refractivity contribution is 0.0994. The molecular weight excluding hydrogens is 304 g/mol. The summed E-state index contributed by atoms with van der Waals surface area (Å²) < 4.78 is 11.7. The lowest BCUT2D eigenvalue weighted by atomic mass is 10.1. The first-order valence-corrected chi connectivity index (χ1v) is 8.56. The molecule has 1 aromatic heterocycles. The maximum Gasteiger partial charge on any atom is 0.252 e. The fourth-order valence-electron chi connectivity index (χ4n) is 3.21. The Bertz CT molecular complexity index is 737. The van der Waals surface area contributed by atoms with Gasteiger partial charge in [-0.15, -0.1) is 0 Å². The molecule has 0 atom stereocenters. The molecule has 0 radical (unpaired) electrons. The van der Waals surface area contributed by atoms with Gasteiger partial charge < -0.3 is 15.2 Å². The van der Waals surface area contributed by atoms with Crippen molar-refractivity contribution in [2.45, 2.75) is 45.6 Å². The van der Waals surface area contributed by atoms with E-state index < -0.39 is 5.91 Å².